The second-order valence-corrected chi connectivity index (χ2v) is 8.76. The third-order valence-electron chi connectivity index (χ3n) is 4.48. The van der Waals surface area contributed by atoms with Crippen molar-refractivity contribution in [2.75, 3.05) is 0 Å². The van der Waals surface area contributed by atoms with Crippen LogP contribution in [0, 0.1) is 0 Å². The van der Waals surface area contributed by atoms with Crippen LogP contribution in [0.15, 0.2) is 36.5 Å². The van der Waals surface area contributed by atoms with Gasteiger partial charge >= 0.3 is 17.9 Å². The maximum atomic E-state index is 11.8. The number of carbonyl (C=O) groups is 3. The van der Waals surface area contributed by atoms with E-state index < -0.39 is 61.6 Å². The van der Waals surface area contributed by atoms with E-state index in [0.717, 1.165) is 0 Å². The Morgan fingerprint density at radius 3 is 0.949 bits per heavy atom. The minimum absolute atomic E-state index is 0.0852. The Balaban J connectivity index is 5.63. The SMILES string of the molecule is C=C(C)C(=O)OC(C)OC(C)OC(CC)(OC(C)OC(C)OC(=O)C(=C)C)OC(C)OC(C)OC(=O)C(=C)C. The lowest BCUT2D eigenvalue weighted by molar-refractivity contribution is -0.479. The number of esters is 3. The standard InChI is InChI=1S/C27H44O12/c1-14-27(37-21(11)31-18(8)34-24(28)15(2)3,38-22(12)32-19(9)35-25(29)16(4)5)39-23(13)33-20(10)36-26(30)17(6)7/h18-23H,2,4,6,14H2,1,3,5,7-13H3. The molecule has 6 atom stereocenters. The van der Waals surface area contributed by atoms with Gasteiger partial charge in [0.15, 0.2) is 18.9 Å². The largest absolute Gasteiger partial charge is 0.433 e. The Bertz CT molecular complexity index is 759. The third kappa shape index (κ3) is 14.9. The molecule has 0 radical (unpaired) electrons. The van der Waals surface area contributed by atoms with Crippen LogP contribution in [0.3, 0.4) is 0 Å². The van der Waals surface area contributed by atoms with Crippen LogP contribution in [0.5, 0.6) is 0 Å². The zero-order chi connectivity index (χ0) is 30.5. The first-order valence-electron chi connectivity index (χ1n) is 12.5. The molecule has 12 nitrogen and oxygen atoms in total. The molecule has 0 saturated carbocycles. The summed E-state index contributed by atoms with van der Waals surface area (Å²) in [6.45, 7) is 25.9. The first kappa shape index (κ1) is 36.4. The highest BCUT2D eigenvalue weighted by Crippen LogP contribution is 2.28. The molecule has 39 heavy (non-hydrogen) atoms. The summed E-state index contributed by atoms with van der Waals surface area (Å²) in [5.74, 6) is -3.74. The van der Waals surface area contributed by atoms with Gasteiger partial charge in [-0.2, -0.15) is 0 Å². The van der Waals surface area contributed by atoms with Crippen LogP contribution >= 0.6 is 0 Å². The van der Waals surface area contributed by atoms with Crippen LogP contribution in [0.2, 0.25) is 0 Å². The molecule has 0 aromatic rings. The van der Waals surface area contributed by atoms with Crippen LogP contribution < -0.4 is 0 Å². The normalized spacial score (nSPS) is 17.4. The predicted octanol–water partition coefficient (Wildman–Crippen LogP) is 4.58. The van der Waals surface area contributed by atoms with E-state index in [4.69, 9.17) is 42.6 Å². The number of ether oxygens (including phenoxy) is 9. The molecular formula is C27H44O12. The van der Waals surface area contributed by atoms with Gasteiger partial charge in [-0.15, -0.1) is 0 Å². The van der Waals surface area contributed by atoms with Gasteiger partial charge in [-0.25, -0.2) is 14.4 Å². The summed E-state index contributed by atoms with van der Waals surface area (Å²) in [6.07, 6.45) is -6.00. The monoisotopic (exact) mass is 560 g/mol. The second kappa shape index (κ2) is 17.2. The lowest BCUT2D eigenvalue weighted by Crippen LogP contribution is -2.48. The fourth-order valence-electron chi connectivity index (χ4n) is 2.82. The van der Waals surface area contributed by atoms with Crippen molar-refractivity contribution in [3.63, 3.8) is 0 Å². The average molecular weight is 561 g/mol. The first-order chi connectivity index (χ1) is 17.9. The van der Waals surface area contributed by atoms with E-state index in [-0.39, 0.29) is 23.1 Å². The molecular weight excluding hydrogens is 516 g/mol. The Kier molecular flexibility index (Phi) is 16.0. The minimum atomic E-state index is -1.84. The van der Waals surface area contributed by atoms with E-state index in [9.17, 15) is 14.4 Å². The Hall–Kier alpha value is -2.61. The summed E-state index contributed by atoms with van der Waals surface area (Å²) in [5.41, 5.74) is 0.607. The summed E-state index contributed by atoms with van der Waals surface area (Å²) in [7, 11) is 0. The van der Waals surface area contributed by atoms with Crippen molar-refractivity contribution < 1.29 is 57.0 Å². The quantitative estimate of drug-likeness (QED) is 0.0947. The van der Waals surface area contributed by atoms with Crippen molar-refractivity contribution >= 4 is 17.9 Å². The van der Waals surface area contributed by atoms with Gasteiger partial charge in [0.1, 0.15) is 0 Å². The number of hydrogen-bond donors (Lipinski definition) is 0. The van der Waals surface area contributed by atoms with Crippen molar-refractivity contribution in [3.05, 3.63) is 36.5 Å². The Morgan fingerprint density at radius 2 is 0.769 bits per heavy atom. The zero-order valence-electron chi connectivity index (χ0n) is 24.7. The lowest BCUT2D eigenvalue weighted by atomic mass is 10.4. The van der Waals surface area contributed by atoms with Crippen LogP contribution in [0.4, 0.5) is 0 Å². The second-order valence-electron chi connectivity index (χ2n) is 8.76. The van der Waals surface area contributed by atoms with E-state index >= 15 is 0 Å². The maximum absolute atomic E-state index is 11.8. The van der Waals surface area contributed by atoms with Gasteiger partial charge < -0.3 is 28.4 Å². The van der Waals surface area contributed by atoms with Crippen LogP contribution in [-0.2, 0) is 57.0 Å². The predicted molar refractivity (Wildman–Crippen MR) is 139 cm³/mol. The molecule has 12 heteroatoms. The maximum Gasteiger partial charge on any atom is 0.335 e. The van der Waals surface area contributed by atoms with Gasteiger partial charge in [0.2, 0.25) is 18.9 Å². The zero-order valence-corrected chi connectivity index (χ0v) is 24.7. The van der Waals surface area contributed by atoms with Gasteiger partial charge in [0, 0.05) is 23.1 Å². The number of hydrogen-bond acceptors (Lipinski definition) is 12. The molecule has 0 heterocycles. The summed E-state index contributed by atoms with van der Waals surface area (Å²) in [5, 5.41) is 0. The number of carbonyl (C=O) groups excluding carboxylic acids is 3. The molecule has 0 spiro atoms. The van der Waals surface area contributed by atoms with E-state index in [2.05, 4.69) is 19.7 Å². The summed E-state index contributed by atoms with van der Waals surface area (Å²) in [4.78, 5) is 35.4. The summed E-state index contributed by atoms with van der Waals surface area (Å²) >= 11 is 0. The van der Waals surface area contributed by atoms with Crippen molar-refractivity contribution in [2.45, 2.75) is 119 Å². The van der Waals surface area contributed by atoms with E-state index in [1.54, 1.807) is 6.92 Å². The van der Waals surface area contributed by atoms with Crippen molar-refractivity contribution in [1.29, 1.82) is 0 Å². The molecule has 0 N–H and O–H groups in total. The topological polar surface area (TPSA) is 134 Å². The summed E-state index contributed by atoms with van der Waals surface area (Å²) < 4.78 is 50.1. The highest BCUT2D eigenvalue weighted by atomic mass is 17.0. The molecule has 0 fully saturated rings. The van der Waals surface area contributed by atoms with E-state index in [1.165, 1.54) is 62.3 Å². The highest BCUT2D eigenvalue weighted by molar-refractivity contribution is 5.87. The molecule has 0 aliphatic heterocycles. The molecule has 6 unspecified atom stereocenters. The fraction of sp³-hybridized carbons (Fsp3) is 0.667. The fourth-order valence-corrected chi connectivity index (χ4v) is 2.82. The van der Waals surface area contributed by atoms with Crippen molar-refractivity contribution in [1.82, 2.24) is 0 Å². The van der Waals surface area contributed by atoms with Crippen molar-refractivity contribution in [3.8, 4) is 0 Å². The van der Waals surface area contributed by atoms with Gasteiger partial charge in [0.05, 0.1) is 0 Å². The van der Waals surface area contributed by atoms with Crippen molar-refractivity contribution in [2.24, 2.45) is 0 Å². The molecule has 224 valence electrons. The van der Waals surface area contributed by atoms with Gasteiger partial charge in [-0.3, -0.25) is 14.2 Å². The van der Waals surface area contributed by atoms with Gasteiger partial charge in [-0.1, -0.05) is 26.7 Å². The van der Waals surface area contributed by atoms with Crippen LogP contribution in [-0.4, -0.2) is 61.6 Å². The Labute approximate surface area is 231 Å². The van der Waals surface area contributed by atoms with Gasteiger partial charge in [-0.05, 0) is 62.3 Å². The molecule has 0 bridgehead atoms. The molecule has 0 aliphatic carbocycles. The van der Waals surface area contributed by atoms with Crippen LogP contribution in [0.25, 0.3) is 0 Å². The van der Waals surface area contributed by atoms with Crippen LogP contribution in [0.1, 0.15) is 75.7 Å². The molecule has 0 saturated heterocycles. The molecule has 0 rings (SSSR count). The smallest absolute Gasteiger partial charge is 0.335 e. The molecule has 0 amide bonds. The highest BCUT2D eigenvalue weighted by Gasteiger charge is 2.40. The first-order valence-corrected chi connectivity index (χ1v) is 12.5. The Morgan fingerprint density at radius 1 is 0.538 bits per heavy atom. The van der Waals surface area contributed by atoms with E-state index in [0.29, 0.717) is 0 Å². The summed E-state index contributed by atoms with van der Waals surface area (Å²) in [6, 6.07) is 0. The molecule has 0 aromatic carbocycles. The number of rotatable bonds is 19. The van der Waals surface area contributed by atoms with E-state index in [1.807, 2.05) is 0 Å². The average Bonchev–Trinajstić information content (AvgIpc) is 2.77. The lowest BCUT2D eigenvalue weighted by Gasteiger charge is -2.38. The van der Waals surface area contributed by atoms with Gasteiger partial charge in [0.25, 0.3) is 5.97 Å². The third-order valence-corrected chi connectivity index (χ3v) is 4.48. The molecule has 0 aromatic heterocycles. The molecule has 0 aliphatic rings. The minimum Gasteiger partial charge on any atom is -0.433 e.